The van der Waals surface area contributed by atoms with Crippen molar-refractivity contribution < 1.29 is 9.53 Å². The van der Waals surface area contributed by atoms with Gasteiger partial charge in [-0.3, -0.25) is 4.79 Å². The minimum absolute atomic E-state index is 0.113. The second-order valence-electron chi connectivity index (χ2n) is 7.56. The largest absolute Gasteiger partial charge is 0.457 e. The van der Waals surface area contributed by atoms with Crippen molar-refractivity contribution >= 4 is 5.91 Å². The molecular weight excluding hydrogens is 336 g/mol. The number of ether oxygens (including phenoxy) is 1. The number of hydrogen-bond donors (Lipinski definition) is 1. The predicted molar refractivity (Wildman–Crippen MR) is 107 cm³/mol. The molecule has 1 saturated heterocycles. The second-order valence-corrected chi connectivity index (χ2v) is 7.56. The summed E-state index contributed by atoms with van der Waals surface area (Å²) in [5.41, 5.74) is 0.666. The van der Waals surface area contributed by atoms with E-state index >= 15 is 0 Å². The van der Waals surface area contributed by atoms with Gasteiger partial charge in [-0.25, -0.2) is 0 Å². The van der Waals surface area contributed by atoms with Gasteiger partial charge < -0.3 is 15.0 Å². The third-order valence-corrected chi connectivity index (χ3v) is 5.72. The van der Waals surface area contributed by atoms with Crippen molar-refractivity contribution in [3.8, 4) is 11.5 Å². The molecular formula is C23H28N2O2. The molecule has 0 spiro atoms. The summed E-state index contributed by atoms with van der Waals surface area (Å²) in [6.45, 7) is 1.88. The van der Waals surface area contributed by atoms with Crippen molar-refractivity contribution in [1.29, 1.82) is 0 Å². The molecule has 27 heavy (non-hydrogen) atoms. The Morgan fingerprint density at radius 1 is 0.889 bits per heavy atom. The molecule has 1 heterocycles. The van der Waals surface area contributed by atoms with Crippen LogP contribution < -0.4 is 10.1 Å². The van der Waals surface area contributed by atoms with Crippen LogP contribution in [-0.4, -0.2) is 36.0 Å². The number of amides is 1. The van der Waals surface area contributed by atoms with Gasteiger partial charge in [-0.2, -0.15) is 0 Å². The number of nitrogens with one attached hydrogen (secondary N) is 1. The smallest absolute Gasteiger partial charge is 0.258 e. The van der Waals surface area contributed by atoms with Crippen molar-refractivity contribution in [3.05, 3.63) is 60.2 Å². The zero-order valence-electron chi connectivity index (χ0n) is 15.8. The fraction of sp³-hybridized carbons (Fsp3) is 0.435. The van der Waals surface area contributed by atoms with Crippen molar-refractivity contribution in [3.63, 3.8) is 0 Å². The van der Waals surface area contributed by atoms with Crippen LogP contribution in [0.2, 0.25) is 0 Å². The summed E-state index contributed by atoms with van der Waals surface area (Å²) < 4.78 is 6.07. The van der Waals surface area contributed by atoms with Crippen molar-refractivity contribution in [1.82, 2.24) is 10.2 Å². The lowest BCUT2D eigenvalue weighted by Gasteiger charge is -2.38. The Balaban J connectivity index is 1.62. The van der Waals surface area contributed by atoms with E-state index in [-0.39, 0.29) is 11.9 Å². The molecule has 4 rings (SSSR count). The molecule has 1 saturated carbocycles. The van der Waals surface area contributed by atoms with Crippen LogP contribution in [0.4, 0.5) is 0 Å². The number of nitrogens with zero attached hydrogens (tertiary/aromatic N) is 1. The SMILES string of the molecule is O=C(c1ccccc1Oc1ccccc1)N(C1CCCCC1)C1CCNC1. The molecule has 1 unspecified atom stereocenters. The Morgan fingerprint density at radius 2 is 1.63 bits per heavy atom. The van der Waals surface area contributed by atoms with E-state index in [0.29, 0.717) is 17.4 Å². The van der Waals surface area contributed by atoms with E-state index in [4.69, 9.17) is 4.74 Å². The summed E-state index contributed by atoms with van der Waals surface area (Å²) in [6, 6.07) is 18.0. The number of carbonyl (C=O) groups excluding carboxylic acids is 1. The van der Waals surface area contributed by atoms with Gasteiger partial charge in [-0.1, -0.05) is 49.6 Å². The quantitative estimate of drug-likeness (QED) is 0.842. The van der Waals surface area contributed by atoms with Gasteiger partial charge in [0.25, 0.3) is 5.91 Å². The zero-order chi connectivity index (χ0) is 18.5. The summed E-state index contributed by atoms with van der Waals surface area (Å²) in [5, 5.41) is 3.43. The summed E-state index contributed by atoms with van der Waals surface area (Å²) in [7, 11) is 0. The highest BCUT2D eigenvalue weighted by Crippen LogP contribution is 2.31. The lowest BCUT2D eigenvalue weighted by Crippen LogP contribution is -2.49. The first-order valence-electron chi connectivity index (χ1n) is 10.2. The number of carbonyl (C=O) groups is 1. The highest BCUT2D eigenvalue weighted by atomic mass is 16.5. The monoisotopic (exact) mass is 364 g/mol. The molecule has 4 nitrogen and oxygen atoms in total. The first kappa shape index (κ1) is 18.1. The molecule has 1 aliphatic carbocycles. The van der Waals surface area contributed by atoms with Gasteiger partial charge in [0.05, 0.1) is 5.56 Å². The molecule has 1 amide bonds. The molecule has 2 aliphatic rings. The molecule has 0 aromatic heterocycles. The van der Waals surface area contributed by atoms with E-state index in [1.54, 1.807) is 0 Å². The number of hydrogen-bond acceptors (Lipinski definition) is 3. The third kappa shape index (κ3) is 4.16. The van der Waals surface area contributed by atoms with E-state index in [2.05, 4.69) is 10.2 Å². The van der Waals surface area contributed by atoms with Gasteiger partial charge >= 0.3 is 0 Å². The Hall–Kier alpha value is -2.33. The highest BCUT2D eigenvalue weighted by molar-refractivity contribution is 5.97. The number of para-hydroxylation sites is 2. The van der Waals surface area contributed by atoms with Gasteiger partial charge in [0.15, 0.2) is 0 Å². The highest BCUT2D eigenvalue weighted by Gasteiger charge is 2.34. The third-order valence-electron chi connectivity index (χ3n) is 5.72. The summed E-state index contributed by atoms with van der Waals surface area (Å²) >= 11 is 0. The maximum absolute atomic E-state index is 13.7. The van der Waals surface area contributed by atoms with Crippen molar-refractivity contribution in [2.45, 2.75) is 50.6 Å². The van der Waals surface area contributed by atoms with E-state index in [9.17, 15) is 4.79 Å². The fourth-order valence-corrected chi connectivity index (χ4v) is 4.35. The van der Waals surface area contributed by atoms with Crippen LogP contribution in [0.15, 0.2) is 54.6 Å². The first-order valence-corrected chi connectivity index (χ1v) is 10.2. The van der Waals surface area contributed by atoms with Crippen LogP contribution in [0.25, 0.3) is 0 Å². The summed E-state index contributed by atoms with van der Waals surface area (Å²) in [5.74, 6) is 1.51. The Bertz CT molecular complexity index is 750. The molecule has 142 valence electrons. The Kier molecular flexibility index (Phi) is 5.73. The van der Waals surface area contributed by atoms with Crippen LogP contribution >= 0.6 is 0 Å². The Labute approximate surface area is 161 Å². The lowest BCUT2D eigenvalue weighted by molar-refractivity contribution is 0.0532. The molecule has 1 atom stereocenters. The lowest BCUT2D eigenvalue weighted by atomic mass is 9.92. The van der Waals surface area contributed by atoms with E-state index in [1.165, 1.54) is 19.3 Å². The average Bonchev–Trinajstić information content (AvgIpc) is 3.24. The van der Waals surface area contributed by atoms with E-state index in [0.717, 1.165) is 38.1 Å². The average molecular weight is 364 g/mol. The van der Waals surface area contributed by atoms with Gasteiger partial charge in [0.2, 0.25) is 0 Å². The van der Waals surface area contributed by atoms with Gasteiger partial charge in [0, 0.05) is 18.6 Å². The van der Waals surface area contributed by atoms with Crippen LogP contribution in [0, 0.1) is 0 Å². The standard InChI is InChI=1S/C23H28N2O2/c26-23(25(19-15-16-24-17-19)18-9-3-1-4-10-18)21-13-7-8-14-22(21)27-20-11-5-2-6-12-20/h2,5-8,11-14,18-19,24H,1,3-4,9-10,15-17H2. The maximum atomic E-state index is 13.7. The maximum Gasteiger partial charge on any atom is 0.258 e. The van der Waals surface area contributed by atoms with E-state index in [1.807, 2.05) is 54.6 Å². The number of benzene rings is 2. The van der Waals surface area contributed by atoms with Crippen molar-refractivity contribution in [2.75, 3.05) is 13.1 Å². The molecule has 2 fully saturated rings. The van der Waals surface area contributed by atoms with Crippen LogP contribution in [0.1, 0.15) is 48.9 Å². The predicted octanol–water partition coefficient (Wildman–Crippen LogP) is 4.62. The second kappa shape index (κ2) is 8.57. The molecule has 2 aromatic rings. The zero-order valence-corrected chi connectivity index (χ0v) is 15.8. The normalized spacial score (nSPS) is 20.4. The first-order chi connectivity index (χ1) is 13.3. The molecule has 0 radical (unpaired) electrons. The molecule has 0 bridgehead atoms. The van der Waals surface area contributed by atoms with Crippen LogP contribution in [0.3, 0.4) is 0 Å². The van der Waals surface area contributed by atoms with Crippen molar-refractivity contribution in [2.24, 2.45) is 0 Å². The molecule has 1 aliphatic heterocycles. The van der Waals surface area contributed by atoms with Gasteiger partial charge in [0.1, 0.15) is 11.5 Å². The minimum Gasteiger partial charge on any atom is -0.457 e. The molecule has 4 heteroatoms. The van der Waals surface area contributed by atoms with Gasteiger partial charge in [-0.15, -0.1) is 0 Å². The Morgan fingerprint density at radius 3 is 2.37 bits per heavy atom. The topological polar surface area (TPSA) is 41.6 Å². The number of rotatable bonds is 5. The van der Waals surface area contributed by atoms with Crippen LogP contribution in [0.5, 0.6) is 11.5 Å². The van der Waals surface area contributed by atoms with Gasteiger partial charge in [-0.05, 0) is 50.1 Å². The molecule has 2 aromatic carbocycles. The van der Waals surface area contributed by atoms with Crippen LogP contribution in [-0.2, 0) is 0 Å². The molecule has 1 N–H and O–H groups in total. The minimum atomic E-state index is 0.113. The fourth-order valence-electron chi connectivity index (χ4n) is 4.35. The summed E-state index contributed by atoms with van der Waals surface area (Å²) in [6.07, 6.45) is 6.99. The summed E-state index contributed by atoms with van der Waals surface area (Å²) in [4.78, 5) is 15.8. The van der Waals surface area contributed by atoms with E-state index < -0.39 is 0 Å².